The van der Waals surface area contributed by atoms with Crippen molar-refractivity contribution in [3.8, 4) is 5.40 Å². The van der Waals surface area contributed by atoms with Crippen LogP contribution in [0.1, 0.15) is 6.42 Å². The first kappa shape index (κ1) is 10.1. The van der Waals surface area contributed by atoms with Gasteiger partial charge in [0, 0.05) is 16.4 Å². The van der Waals surface area contributed by atoms with Crippen molar-refractivity contribution in [1.82, 2.24) is 0 Å². The van der Waals surface area contributed by atoms with Crippen LogP contribution in [0.3, 0.4) is 0 Å². The molecule has 0 aliphatic rings. The van der Waals surface area contributed by atoms with Crippen LogP contribution >= 0.6 is 22.4 Å². The summed E-state index contributed by atoms with van der Waals surface area (Å²) in [6.07, 6.45) is 0.435. The minimum atomic E-state index is -3.36. The number of halogens is 1. The van der Waals surface area contributed by atoms with Crippen LogP contribution in [0.15, 0.2) is 0 Å². The van der Waals surface area contributed by atoms with Crippen LogP contribution in [0.4, 0.5) is 0 Å². The molecule has 0 bridgehead atoms. The predicted molar refractivity (Wildman–Crippen MR) is 42.3 cm³/mol. The lowest BCUT2D eigenvalue weighted by molar-refractivity contribution is 0.608. The average molecular weight is 200 g/mol. The van der Waals surface area contributed by atoms with Gasteiger partial charge in [0.15, 0.2) is 0 Å². The van der Waals surface area contributed by atoms with E-state index in [1.54, 1.807) is 0 Å². The molecule has 0 aromatic carbocycles. The number of nitrogens with zero attached hydrogens (tertiary/aromatic N) is 1. The lowest BCUT2D eigenvalue weighted by Gasteiger charge is -1.90. The highest BCUT2D eigenvalue weighted by Gasteiger charge is 2.03. The average Bonchev–Trinajstić information content (AvgIpc) is 1.78. The summed E-state index contributed by atoms with van der Waals surface area (Å²) in [5, 5.41) is 9.86. The van der Waals surface area contributed by atoms with E-state index in [9.17, 15) is 8.42 Å². The second-order valence-corrected chi connectivity index (χ2v) is 5.31. The molecule has 0 fully saturated rings. The maximum Gasteiger partial charge on any atom is 0.232 e. The van der Waals surface area contributed by atoms with E-state index in [0.29, 0.717) is 12.2 Å². The van der Waals surface area contributed by atoms with E-state index >= 15 is 0 Å². The molecule has 0 N–H and O–H groups in total. The van der Waals surface area contributed by atoms with Crippen molar-refractivity contribution in [2.45, 2.75) is 6.42 Å². The van der Waals surface area contributed by atoms with Crippen LogP contribution in [0, 0.1) is 10.7 Å². The Morgan fingerprint density at radius 2 is 2.20 bits per heavy atom. The van der Waals surface area contributed by atoms with Gasteiger partial charge in [0.1, 0.15) is 5.40 Å². The monoisotopic (exact) mass is 199 g/mol. The molecule has 0 saturated carbocycles. The van der Waals surface area contributed by atoms with Gasteiger partial charge < -0.3 is 0 Å². The third kappa shape index (κ3) is 8.08. The minimum absolute atomic E-state index is 0.0523. The summed E-state index contributed by atoms with van der Waals surface area (Å²) in [5.74, 6) is 0.464. The molecule has 58 valence electrons. The maximum atomic E-state index is 10.3. The van der Waals surface area contributed by atoms with Gasteiger partial charge in [0.25, 0.3) is 0 Å². The third-order valence-electron chi connectivity index (χ3n) is 0.699. The molecule has 0 radical (unpaired) electrons. The van der Waals surface area contributed by atoms with Crippen LogP contribution in [0.5, 0.6) is 0 Å². The SMILES string of the molecule is N#CSCCCS(=O)(=O)Cl. The molecule has 3 nitrogen and oxygen atoms in total. The summed E-state index contributed by atoms with van der Waals surface area (Å²) >= 11 is 1.03. The van der Waals surface area contributed by atoms with Gasteiger partial charge in [0.05, 0.1) is 5.75 Å². The van der Waals surface area contributed by atoms with E-state index in [1.807, 2.05) is 5.40 Å². The molecule has 0 saturated heterocycles. The highest BCUT2D eigenvalue weighted by Crippen LogP contribution is 2.03. The second kappa shape index (κ2) is 4.83. The first-order chi connectivity index (χ1) is 4.56. The van der Waals surface area contributed by atoms with E-state index in [4.69, 9.17) is 15.9 Å². The van der Waals surface area contributed by atoms with E-state index in [1.165, 1.54) is 0 Å². The molecule has 0 aliphatic heterocycles. The van der Waals surface area contributed by atoms with Crippen LogP contribution in [0.25, 0.3) is 0 Å². The topological polar surface area (TPSA) is 57.9 Å². The number of hydrogen-bond acceptors (Lipinski definition) is 4. The quantitative estimate of drug-likeness (QED) is 0.387. The van der Waals surface area contributed by atoms with Crippen molar-refractivity contribution in [1.29, 1.82) is 5.26 Å². The van der Waals surface area contributed by atoms with E-state index in [2.05, 4.69) is 0 Å². The number of rotatable bonds is 4. The van der Waals surface area contributed by atoms with Gasteiger partial charge in [-0.15, -0.1) is 0 Å². The van der Waals surface area contributed by atoms with Gasteiger partial charge in [0.2, 0.25) is 9.05 Å². The summed E-state index contributed by atoms with van der Waals surface area (Å²) < 4.78 is 20.5. The Labute approximate surface area is 68.8 Å². The van der Waals surface area contributed by atoms with Gasteiger partial charge in [-0.1, -0.05) is 0 Å². The lowest BCUT2D eigenvalue weighted by Crippen LogP contribution is -1.97. The van der Waals surface area contributed by atoms with Crippen molar-refractivity contribution in [3.63, 3.8) is 0 Å². The molecule has 0 spiro atoms. The third-order valence-corrected chi connectivity index (χ3v) is 2.56. The highest BCUT2D eigenvalue weighted by molar-refractivity contribution is 8.13. The molecule has 0 aromatic rings. The van der Waals surface area contributed by atoms with Crippen molar-refractivity contribution < 1.29 is 8.42 Å². The molecule has 6 heteroatoms. The van der Waals surface area contributed by atoms with Crippen LogP contribution < -0.4 is 0 Å². The maximum absolute atomic E-state index is 10.3. The van der Waals surface area contributed by atoms with E-state index in [0.717, 1.165) is 11.8 Å². The van der Waals surface area contributed by atoms with E-state index < -0.39 is 9.05 Å². The predicted octanol–water partition coefficient (Wildman–Crippen LogP) is 1.16. The number of thiocyanates is 1. The number of nitriles is 1. The standard InChI is InChI=1S/C4H6ClNO2S2/c5-10(7,8)3-1-2-9-4-6/h1-3H2. The number of hydrogen-bond donors (Lipinski definition) is 0. The summed E-state index contributed by atoms with van der Waals surface area (Å²) in [7, 11) is 1.54. The van der Waals surface area contributed by atoms with Crippen molar-refractivity contribution >= 4 is 31.5 Å². The number of thioether (sulfide) groups is 1. The summed E-state index contributed by atoms with van der Waals surface area (Å²) in [6.45, 7) is 0. The van der Waals surface area contributed by atoms with Crippen LogP contribution in [-0.4, -0.2) is 19.9 Å². The fraction of sp³-hybridized carbons (Fsp3) is 0.750. The Hall–Kier alpha value is 0.0800. The minimum Gasteiger partial charge on any atom is -0.212 e. The van der Waals surface area contributed by atoms with Gasteiger partial charge in [-0.05, 0) is 18.2 Å². The highest BCUT2D eigenvalue weighted by atomic mass is 35.7. The van der Waals surface area contributed by atoms with Gasteiger partial charge in [-0.2, -0.15) is 5.26 Å². The zero-order valence-corrected chi connectivity index (χ0v) is 7.47. The molecule has 0 aromatic heterocycles. The van der Waals surface area contributed by atoms with E-state index in [-0.39, 0.29) is 5.75 Å². The summed E-state index contributed by atoms with van der Waals surface area (Å²) in [4.78, 5) is 0. The zero-order valence-electron chi connectivity index (χ0n) is 5.08. The first-order valence-electron chi connectivity index (χ1n) is 2.49. The largest absolute Gasteiger partial charge is 0.232 e. The second-order valence-electron chi connectivity index (χ2n) is 1.54. The molecule has 0 heterocycles. The van der Waals surface area contributed by atoms with Gasteiger partial charge >= 0.3 is 0 Å². The Morgan fingerprint density at radius 3 is 2.60 bits per heavy atom. The van der Waals surface area contributed by atoms with Crippen molar-refractivity contribution in [3.05, 3.63) is 0 Å². The molecule has 0 rings (SSSR count). The van der Waals surface area contributed by atoms with Crippen LogP contribution in [-0.2, 0) is 9.05 Å². The van der Waals surface area contributed by atoms with Gasteiger partial charge in [-0.3, -0.25) is 0 Å². The van der Waals surface area contributed by atoms with Crippen molar-refractivity contribution in [2.75, 3.05) is 11.5 Å². The Balaban J connectivity index is 3.32. The molecule has 0 atom stereocenters. The summed E-state index contributed by atoms with van der Waals surface area (Å²) in [5.41, 5.74) is 0. The normalized spacial score (nSPS) is 10.8. The molecular weight excluding hydrogens is 194 g/mol. The molecule has 0 unspecified atom stereocenters. The Morgan fingerprint density at radius 1 is 1.60 bits per heavy atom. The van der Waals surface area contributed by atoms with Crippen molar-refractivity contribution in [2.24, 2.45) is 0 Å². The zero-order chi connectivity index (χ0) is 8.04. The Kier molecular flexibility index (Phi) is 4.87. The fourth-order valence-electron chi connectivity index (χ4n) is 0.349. The fourth-order valence-corrected chi connectivity index (χ4v) is 1.73. The van der Waals surface area contributed by atoms with Crippen LogP contribution in [0.2, 0.25) is 0 Å². The smallest absolute Gasteiger partial charge is 0.212 e. The Bertz CT molecular complexity index is 218. The van der Waals surface area contributed by atoms with Gasteiger partial charge in [-0.25, -0.2) is 8.42 Å². The lowest BCUT2D eigenvalue weighted by atomic mass is 10.6. The molecular formula is C4H6ClNO2S2. The summed E-state index contributed by atoms with van der Waals surface area (Å²) in [6, 6.07) is 0. The molecule has 0 aliphatic carbocycles. The first-order valence-corrected chi connectivity index (χ1v) is 5.96. The molecule has 10 heavy (non-hydrogen) atoms. The molecule has 0 amide bonds.